The molecule has 1 aromatic carbocycles. The first kappa shape index (κ1) is 22.1. The van der Waals surface area contributed by atoms with Crippen molar-refractivity contribution >= 4 is 29.0 Å². The molecule has 1 N–H and O–H groups in total. The predicted molar refractivity (Wildman–Crippen MR) is 125 cm³/mol. The van der Waals surface area contributed by atoms with Crippen molar-refractivity contribution in [1.82, 2.24) is 19.9 Å². The molecule has 3 aromatic rings. The van der Waals surface area contributed by atoms with E-state index < -0.39 is 6.04 Å². The number of pyridine rings is 1. The smallest absolute Gasteiger partial charge is 0.280 e. The molecule has 166 valence electrons. The van der Waals surface area contributed by atoms with Crippen molar-refractivity contribution in [2.75, 3.05) is 4.90 Å². The number of hydrogen-bond acceptors (Lipinski definition) is 6. The molecule has 8 heteroatoms. The summed E-state index contributed by atoms with van der Waals surface area (Å²) in [6.07, 6.45) is 9.52. The molecule has 0 radical (unpaired) electrons. The van der Waals surface area contributed by atoms with Crippen LogP contribution in [0.1, 0.15) is 66.7 Å². The minimum atomic E-state index is -0.868. The Balaban J connectivity index is 1.76. The van der Waals surface area contributed by atoms with Gasteiger partial charge in [-0.2, -0.15) is 0 Å². The largest absolute Gasteiger partial charge is 0.351 e. The van der Waals surface area contributed by atoms with Crippen LogP contribution >= 0.6 is 11.5 Å². The van der Waals surface area contributed by atoms with Gasteiger partial charge >= 0.3 is 0 Å². The van der Waals surface area contributed by atoms with E-state index in [1.54, 1.807) is 23.8 Å². The first-order chi connectivity index (χ1) is 15.7. The van der Waals surface area contributed by atoms with Gasteiger partial charge in [0.1, 0.15) is 6.04 Å². The molecule has 0 unspecified atom stereocenters. The first-order valence-corrected chi connectivity index (χ1v) is 11.9. The minimum absolute atomic E-state index is 0.121. The summed E-state index contributed by atoms with van der Waals surface area (Å²) in [4.78, 5) is 33.0. The van der Waals surface area contributed by atoms with Gasteiger partial charge in [0.25, 0.3) is 5.91 Å². The van der Waals surface area contributed by atoms with Crippen molar-refractivity contribution in [3.63, 3.8) is 0 Å². The molecule has 0 aliphatic heterocycles. The van der Waals surface area contributed by atoms with E-state index in [2.05, 4.69) is 26.8 Å². The molecule has 2 heterocycles. The summed E-state index contributed by atoms with van der Waals surface area (Å²) in [5.41, 5.74) is 2.65. The average Bonchev–Trinajstić information content (AvgIpc) is 3.38. The monoisotopic (exact) mass is 449 g/mol. The Bertz CT molecular complexity index is 1020. The lowest BCUT2D eigenvalue weighted by molar-refractivity contribution is -0.123. The third kappa shape index (κ3) is 5.02. The van der Waals surface area contributed by atoms with Crippen LogP contribution in [0, 0.1) is 0 Å². The SMILES string of the molecule is CCc1ccc(N(C(=O)c2csnn2)[C@@H](C(=O)NC2CCCCC2)c2cccnc2)cc1. The van der Waals surface area contributed by atoms with E-state index in [-0.39, 0.29) is 23.6 Å². The Morgan fingerprint density at radius 3 is 2.56 bits per heavy atom. The minimum Gasteiger partial charge on any atom is -0.351 e. The number of nitrogens with one attached hydrogen (secondary N) is 1. The summed E-state index contributed by atoms with van der Waals surface area (Å²) < 4.78 is 3.85. The number of aromatic nitrogens is 3. The molecule has 1 saturated carbocycles. The van der Waals surface area contributed by atoms with E-state index in [1.807, 2.05) is 30.3 Å². The molecule has 2 amide bonds. The maximum Gasteiger partial charge on any atom is 0.280 e. The summed E-state index contributed by atoms with van der Waals surface area (Å²) in [7, 11) is 0. The summed E-state index contributed by atoms with van der Waals surface area (Å²) in [5.74, 6) is -0.573. The number of hydrogen-bond donors (Lipinski definition) is 1. The van der Waals surface area contributed by atoms with Crippen molar-refractivity contribution in [1.29, 1.82) is 0 Å². The molecule has 2 aromatic heterocycles. The highest BCUT2D eigenvalue weighted by atomic mass is 32.1. The zero-order chi connectivity index (χ0) is 22.3. The highest BCUT2D eigenvalue weighted by Crippen LogP contribution is 2.30. The third-order valence-corrected chi connectivity index (χ3v) is 6.38. The number of carbonyl (C=O) groups is 2. The fourth-order valence-corrected chi connectivity index (χ4v) is 4.57. The van der Waals surface area contributed by atoms with Crippen LogP contribution in [0.2, 0.25) is 0 Å². The van der Waals surface area contributed by atoms with Crippen LogP contribution in [0.25, 0.3) is 0 Å². The Morgan fingerprint density at radius 1 is 1.16 bits per heavy atom. The zero-order valence-corrected chi connectivity index (χ0v) is 18.9. The van der Waals surface area contributed by atoms with Crippen LogP contribution in [0.4, 0.5) is 5.69 Å². The van der Waals surface area contributed by atoms with E-state index >= 15 is 0 Å². The molecular weight excluding hydrogens is 422 g/mol. The fraction of sp³-hybridized carbons (Fsp3) is 0.375. The van der Waals surface area contributed by atoms with Gasteiger partial charge in [-0.05, 0) is 54.6 Å². The number of benzene rings is 1. The summed E-state index contributed by atoms with van der Waals surface area (Å²) in [5, 5.41) is 8.78. The van der Waals surface area contributed by atoms with E-state index in [0.29, 0.717) is 11.3 Å². The number of amides is 2. The van der Waals surface area contributed by atoms with E-state index in [9.17, 15) is 9.59 Å². The molecular formula is C24H27N5O2S. The van der Waals surface area contributed by atoms with Crippen LogP contribution < -0.4 is 10.2 Å². The lowest BCUT2D eigenvalue weighted by atomic mass is 9.94. The molecule has 1 aliphatic carbocycles. The molecule has 0 saturated heterocycles. The van der Waals surface area contributed by atoms with E-state index in [0.717, 1.165) is 49.2 Å². The fourth-order valence-electron chi connectivity index (χ4n) is 4.14. The van der Waals surface area contributed by atoms with Crippen LogP contribution in [-0.2, 0) is 11.2 Å². The third-order valence-electron chi connectivity index (χ3n) is 5.88. The number of anilines is 1. The van der Waals surface area contributed by atoms with Gasteiger partial charge in [0.15, 0.2) is 5.69 Å². The second-order valence-corrected chi connectivity index (χ2v) is 8.63. The Kier molecular flexibility index (Phi) is 7.21. The Labute approximate surface area is 192 Å². The van der Waals surface area contributed by atoms with Gasteiger partial charge in [0.2, 0.25) is 5.91 Å². The molecule has 1 atom stereocenters. The lowest BCUT2D eigenvalue weighted by Crippen LogP contribution is -2.47. The van der Waals surface area contributed by atoms with E-state index in [1.165, 1.54) is 11.3 Å². The van der Waals surface area contributed by atoms with Gasteiger partial charge in [0.05, 0.1) is 0 Å². The van der Waals surface area contributed by atoms with Crippen LogP contribution in [0.5, 0.6) is 0 Å². The topological polar surface area (TPSA) is 88.1 Å². The molecule has 32 heavy (non-hydrogen) atoms. The average molecular weight is 450 g/mol. The van der Waals surface area contributed by atoms with Crippen LogP contribution in [0.15, 0.2) is 54.2 Å². The summed E-state index contributed by atoms with van der Waals surface area (Å²) in [6.45, 7) is 2.08. The van der Waals surface area contributed by atoms with Crippen molar-refractivity contribution in [3.05, 3.63) is 71.0 Å². The van der Waals surface area contributed by atoms with Crippen molar-refractivity contribution in [3.8, 4) is 0 Å². The molecule has 1 aliphatic rings. The molecule has 0 spiro atoms. The maximum atomic E-state index is 13.7. The van der Waals surface area contributed by atoms with Crippen LogP contribution in [0.3, 0.4) is 0 Å². The lowest BCUT2D eigenvalue weighted by Gasteiger charge is -2.33. The normalized spacial score (nSPS) is 15.2. The van der Waals surface area contributed by atoms with Gasteiger partial charge in [-0.1, -0.05) is 48.9 Å². The quantitative estimate of drug-likeness (QED) is 0.580. The maximum absolute atomic E-state index is 13.7. The molecule has 1 fully saturated rings. The summed E-state index contributed by atoms with van der Waals surface area (Å²) in [6, 6.07) is 10.6. The van der Waals surface area contributed by atoms with Crippen molar-refractivity contribution in [2.24, 2.45) is 0 Å². The predicted octanol–water partition coefficient (Wildman–Crippen LogP) is 4.33. The second-order valence-electron chi connectivity index (χ2n) is 8.02. The second kappa shape index (κ2) is 10.5. The van der Waals surface area contributed by atoms with Crippen molar-refractivity contribution in [2.45, 2.75) is 57.5 Å². The standard InChI is InChI=1S/C24H27N5O2S/c1-2-17-10-12-20(13-11-17)29(24(31)21-16-32-28-27-21)22(18-7-6-14-25-15-18)23(30)26-19-8-4-3-5-9-19/h6-7,10-16,19,22H,2-5,8-9H2,1H3,(H,26,30)/t22-/m1/s1. The number of aryl methyl sites for hydroxylation is 1. The van der Waals surface area contributed by atoms with Gasteiger partial charge in [-0.15, -0.1) is 5.10 Å². The Morgan fingerprint density at radius 2 is 1.94 bits per heavy atom. The highest BCUT2D eigenvalue weighted by molar-refractivity contribution is 7.03. The van der Waals surface area contributed by atoms with Gasteiger partial charge < -0.3 is 5.32 Å². The Hall–Kier alpha value is -3.13. The van der Waals surface area contributed by atoms with Gasteiger partial charge in [-0.3, -0.25) is 19.5 Å². The highest BCUT2D eigenvalue weighted by Gasteiger charge is 2.35. The van der Waals surface area contributed by atoms with Gasteiger partial charge in [-0.25, -0.2) is 0 Å². The number of rotatable bonds is 7. The molecule has 7 nitrogen and oxygen atoms in total. The van der Waals surface area contributed by atoms with Crippen molar-refractivity contribution < 1.29 is 9.59 Å². The zero-order valence-electron chi connectivity index (χ0n) is 18.1. The van der Waals surface area contributed by atoms with Crippen LogP contribution in [-0.4, -0.2) is 32.4 Å². The summed E-state index contributed by atoms with van der Waals surface area (Å²) >= 11 is 1.11. The number of nitrogens with zero attached hydrogens (tertiary/aromatic N) is 4. The van der Waals surface area contributed by atoms with Gasteiger partial charge in [0, 0.05) is 35.1 Å². The van der Waals surface area contributed by atoms with E-state index in [4.69, 9.17) is 0 Å². The number of carbonyl (C=O) groups excluding carboxylic acids is 2. The molecule has 0 bridgehead atoms. The first-order valence-electron chi connectivity index (χ1n) is 11.1. The molecule has 4 rings (SSSR count).